The van der Waals surface area contributed by atoms with Gasteiger partial charge in [-0.05, 0) is 36.8 Å². The summed E-state index contributed by atoms with van der Waals surface area (Å²) < 4.78 is 4.76. The molecular formula is C15H15ClN2O2S2. The van der Waals surface area contributed by atoms with E-state index in [0.717, 1.165) is 10.4 Å². The van der Waals surface area contributed by atoms with Gasteiger partial charge in [0.15, 0.2) is 5.11 Å². The van der Waals surface area contributed by atoms with E-state index in [1.807, 2.05) is 31.2 Å². The molecule has 0 unspecified atom stereocenters. The molecule has 2 aromatic rings. The number of carbonyl (C=O) groups is 1. The van der Waals surface area contributed by atoms with Crippen molar-refractivity contribution in [2.24, 2.45) is 0 Å². The summed E-state index contributed by atoms with van der Waals surface area (Å²) in [5, 5.41) is 7.87. The van der Waals surface area contributed by atoms with Gasteiger partial charge in [-0.1, -0.05) is 29.8 Å². The summed E-state index contributed by atoms with van der Waals surface area (Å²) in [4.78, 5) is 12.7. The molecule has 0 saturated carbocycles. The van der Waals surface area contributed by atoms with E-state index in [2.05, 4.69) is 10.6 Å². The number of aryl methyl sites for hydroxylation is 1. The number of carbonyl (C=O) groups excluding carboxylic acids is 1. The minimum absolute atomic E-state index is 0.388. The van der Waals surface area contributed by atoms with Gasteiger partial charge in [0.25, 0.3) is 0 Å². The van der Waals surface area contributed by atoms with Gasteiger partial charge in [-0.25, -0.2) is 4.79 Å². The predicted molar refractivity (Wildman–Crippen MR) is 94.9 cm³/mol. The van der Waals surface area contributed by atoms with Gasteiger partial charge in [-0.15, -0.1) is 11.3 Å². The quantitative estimate of drug-likeness (QED) is 0.642. The molecule has 0 fully saturated rings. The molecule has 0 aliphatic carbocycles. The standard InChI is InChI=1S/C15H15ClN2O2S2/c1-9-7-11(14(19)20-2)13(22-9)18-15(21)17-8-10-5-3-4-6-12(10)16/h3-7H,8H2,1-2H3,(H2,17,18,21). The van der Waals surface area contributed by atoms with E-state index >= 15 is 0 Å². The highest BCUT2D eigenvalue weighted by atomic mass is 35.5. The number of esters is 1. The van der Waals surface area contributed by atoms with Crippen molar-refractivity contribution in [1.29, 1.82) is 0 Å². The van der Waals surface area contributed by atoms with Gasteiger partial charge in [0.05, 0.1) is 12.7 Å². The molecule has 1 aromatic heterocycles. The Morgan fingerprint density at radius 2 is 2.14 bits per heavy atom. The van der Waals surface area contributed by atoms with Crippen molar-refractivity contribution in [3.63, 3.8) is 0 Å². The molecule has 116 valence electrons. The summed E-state index contributed by atoms with van der Waals surface area (Å²) in [5.74, 6) is -0.388. The Balaban J connectivity index is 2.01. The third-order valence-corrected chi connectivity index (χ3v) is 4.47. The van der Waals surface area contributed by atoms with E-state index in [4.69, 9.17) is 28.6 Å². The molecule has 2 rings (SSSR count). The predicted octanol–water partition coefficient (Wildman–Crippen LogP) is 3.98. The van der Waals surface area contributed by atoms with Gasteiger partial charge >= 0.3 is 5.97 Å². The Kier molecular flexibility index (Phi) is 5.76. The maximum absolute atomic E-state index is 11.7. The molecule has 0 spiro atoms. The molecule has 22 heavy (non-hydrogen) atoms. The van der Waals surface area contributed by atoms with Crippen LogP contribution in [-0.2, 0) is 11.3 Å². The fraction of sp³-hybridized carbons (Fsp3) is 0.200. The molecule has 7 heteroatoms. The maximum atomic E-state index is 11.7. The van der Waals surface area contributed by atoms with Crippen LogP contribution in [0.4, 0.5) is 5.00 Å². The molecule has 0 bridgehead atoms. The molecule has 2 N–H and O–H groups in total. The second kappa shape index (κ2) is 7.58. The van der Waals surface area contributed by atoms with Crippen LogP contribution in [0.25, 0.3) is 0 Å². The van der Waals surface area contributed by atoms with Gasteiger partial charge in [0.1, 0.15) is 5.00 Å². The minimum atomic E-state index is -0.388. The van der Waals surface area contributed by atoms with Crippen LogP contribution in [0.1, 0.15) is 20.8 Å². The van der Waals surface area contributed by atoms with Crippen molar-refractivity contribution in [3.8, 4) is 0 Å². The first-order chi connectivity index (χ1) is 10.5. The topological polar surface area (TPSA) is 50.4 Å². The third kappa shape index (κ3) is 4.19. The zero-order valence-corrected chi connectivity index (χ0v) is 14.5. The number of hydrogen-bond donors (Lipinski definition) is 2. The molecule has 0 atom stereocenters. The van der Waals surface area contributed by atoms with Crippen LogP contribution < -0.4 is 10.6 Å². The summed E-state index contributed by atoms with van der Waals surface area (Å²) in [6.45, 7) is 2.42. The molecule has 1 aromatic carbocycles. The van der Waals surface area contributed by atoms with Crippen LogP contribution in [0.5, 0.6) is 0 Å². The fourth-order valence-corrected chi connectivity index (χ4v) is 3.18. The van der Waals surface area contributed by atoms with Crippen LogP contribution >= 0.6 is 35.2 Å². The van der Waals surface area contributed by atoms with Crippen LogP contribution in [-0.4, -0.2) is 18.2 Å². The normalized spacial score (nSPS) is 10.1. The van der Waals surface area contributed by atoms with Crippen molar-refractivity contribution in [2.45, 2.75) is 13.5 Å². The summed E-state index contributed by atoms with van der Waals surface area (Å²) in [6, 6.07) is 9.31. The number of hydrogen-bond acceptors (Lipinski definition) is 4. The number of rotatable bonds is 4. The smallest absolute Gasteiger partial charge is 0.340 e. The molecule has 0 amide bonds. The van der Waals surface area contributed by atoms with Gasteiger partial charge in [0.2, 0.25) is 0 Å². The largest absolute Gasteiger partial charge is 0.465 e. The van der Waals surface area contributed by atoms with E-state index in [0.29, 0.717) is 27.2 Å². The Morgan fingerprint density at radius 1 is 1.41 bits per heavy atom. The average molecular weight is 355 g/mol. The third-order valence-electron chi connectivity index (χ3n) is 2.88. The zero-order valence-electron chi connectivity index (χ0n) is 12.1. The minimum Gasteiger partial charge on any atom is -0.465 e. The SMILES string of the molecule is COC(=O)c1cc(C)sc1NC(=S)NCc1ccccc1Cl. The highest BCUT2D eigenvalue weighted by Crippen LogP contribution is 2.28. The van der Waals surface area contributed by atoms with Crippen molar-refractivity contribution in [1.82, 2.24) is 5.32 Å². The highest BCUT2D eigenvalue weighted by molar-refractivity contribution is 7.80. The monoisotopic (exact) mass is 354 g/mol. The Bertz CT molecular complexity index is 701. The van der Waals surface area contributed by atoms with Crippen LogP contribution in [0, 0.1) is 6.92 Å². The van der Waals surface area contributed by atoms with Crippen molar-refractivity contribution >= 4 is 51.2 Å². The van der Waals surface area contributed by atoms with Gasteiger partial charge < -0.3 is 15.4 Å². The lowest BCUT2D eigenvalue weighted by atomic mass is 10.2. The van der Waals surface area contributed by atoms with Gasteiger partial charge in [-0.3, -0.25) is 0 Å². The molecule has 0 aliphatic rings. The lowest BCUT2D eigenvalue weighted by Gasteiger charge is -2.11. The molecule has 1 heterocycles. The van der Waals surface area contributed by atoms with Crippen LogP contribution in [0.15, 0.2) is 30.3 Å². The Labute approximate surface area is 143 Å². The van der Waals surface area contributed by atoms with E-state index in [1.54, 1.807) is 6.07 Å². The average Bonchev–Trinajstić information content (AvgIpc) is 2.86. The summed E-state index contributed by atoms with van der Waals surface area (Å²) in [5.41, 5.74) is 1.43. The van der Waals surface area contributed by atoms with E-state index < -0.39 is 0 Å². The molecule has 0 radical (unpaired) electrons. The van der Waals surface area contributed by atoms with E-state index in [9.17, 15) is 4.79 Å². The van der Waals surface area contributed by atoms with Crippen LogP contribution in [0.2, 0.25) is 5.02 Å². The number of halogens is 1. The number of ether oxygens (including phenoxy) is 1. The number of methoxy groups -OCH3 is 1. The first-order valence-electron chi connectivity index (χ1n) is 6.48. The lowest BCUT2D eigenvalue weighted by molar-refractivity contribution is 0.0602. The number of benzene rings is 1. The second-order valence-corrected chi connectivity index (χ2v) is 6.56. The van der Waals surface area contributed by atoms with E-state index in [-0.39, 0.29) is 5.97 Å². The fourth-order valence-electron chi connectivity index (χ4n) is 1.83. The summed E-state index contributed by atoms with van der Waals surface area (Å²) in [6.07, 6.45) is 0. The Morgan fingerprint density at radius 3 is 2.82 bits per heavy atom. The maximum Gasteiger partial charge on any atom is 0.340 e. The lowest BCUT2D eigenvalue weighted by Crippen LogP contribution is -2.28. The summed E-state index contributed by atoms with van der Waals surface area (Å²) >= 11 is 12.8. The first kappa shape index (κ1) is 16.7. The van der Waals surface area contributed by atoms with Crippen molar-refractivity contribution in [3.05, 3.63) is 51.4 Å². The molecule has 4 nitrogen and oxygen atoms in total. The van der Waals surface area contributed by atoms with Crippen molar-refractivity contribution < 1.29 is 9.53 Å². The van der Waals surface area contributed by atoms with Gasteiger partial charge in [-0.2, -0.15) is 0 Å². The highest BCUT2D eigenvalue weighted by Gasteiger charge is 2.16. The van der Waals surface area contributed by atoms with Crippen LogP contribution in [0.3, 0.4) is 0 Å². The molecule has 0 saturated heterocycles. The van der Waals surface area contributed by atoms with Crippen molar-refractivity contribution in [2.75, 3.05) is 12.4 Å². The second-order valence-electron chi connectivity index (χ2n) is 4.49. The number of nitrogens with one attached hydrogen (secondary N) is 2. The van der Waals surface area contributed by atoms with E-state index in [1.165, 1.54) is 18.4 Å². The number of thiophene rings is 1. The molecular weight excluding hydrogens is 340 g/mol. The summed E-state index contributed by atoms with van der Waals surface area (Å²) in [7, 11) is 1.35. The number of anilines is 1. The first-order valence-corrected chi connectivity index (χ1v) is 8.08. The van der Waals surface area contributed by atoms with Gasteiger partial charge in [0, 0.05) is 16.4 Å². The zero-order chi connectivity index (χ0) is 16.1. The number of thiocarbonyl (C=S) groups is 1. The Hall–Kier alpha value is -1.63. The molecule has 0 aliphatic heterocycles.